The number of hydrogen-bond acceptors (Lipinski definition) is 5. The van der Waals surface area contributed by atoms with Crippen LogP contribution in [0.5, 0.6) is 0 Å². The van der Waals surface area contributed by atoms with Gasteiger partial charge in [-0.05, 0) is 58.8 Å². The lowest BCUT2D eigenvalue weighted by Crippen LogP contribution is -2.35. The van der Waals surface area contributed by atoms with Crippen molar-refractivity contribution in [2.75, 3.05) is 6.61 Å². The Kier molecular flexibility index (Phi) is 6.06. The SMILES string of the molecule is CC(CO)NC(=O)c1cc(-c2ccc(Cl)cc2)cc(-n2nnnc2C(C)C)c1. The molecule has 0 radical (unpaired) electrons. The summed E-state index contributed by atoms with van der Waals surface area (Å²) in [5.74, 6) is 0.530. The molecule has 1 aromatic heterocycles. The predicted octanol–water partition coefficient (Wildman–Crippen LogP) is 3.22. The standard InChI is InChI=1S/C20H22ClN5O2/c1-12(2)19-23-24-25-26(19)18-9-15(14-4-6-17(21)7-5-14)8-16(10-18)20(28)22-13(3)11-27/h4-10,12-13,27H,11H2,1-3H3,(H,22,28). The van der Waals surface area contributed by atoms with Gasteiger partial charge in [0.15, 0.2) is 5.82 Å². The van der Waals surface area contributed by atoms with Gasteiger partial charge < -0.3 is 10.4 Å². The molecule has 3 rings (SSSR count). The first-order valence-corrected chi connectivity index (χ1v) is 9.38. The third kappa shape index (κ3) is 4.37. The van der Waals surface area contributed by atoms with E-state index in [2.05, 4.69) is 20.8 Å². The predicted molar refractivity (Wildman–Crippen MR) is 108 cm³/mol. The Bertz CT molecular complexity index is 969. The number of amides is 1. The molecule has 0 spiro atoms. The Morgan fingerprint density at radius 1 is 1.14 bits per heavy atom. The van der Waals surface area contributed by atoms with Gasteiger partial charge in [-0.3, -0.25) is 4.79 Å². The van der Waals surface area contributed by atoms with Crippen molar-refractivity contribution in [3.05, 3.63) is 58.9 Å². The van der Waals surface area contributed by atoms with Crippen molar-refractivity contribution in [3.63, 3.8) is 0 Å². The van der Waals surface area contributed by atoms with Gasteiger partial charge in [-0.1, -0.05) is 37.6 Å². The molecule has 8 heteroatoms. The molecule has 146 valence electrons. The summed E-state index contributed by atoms with van der Waals surface area (Å²) in [4.78, 5) is 12.7. The van der Waals surface area contributed by atoms with Gasteiger partial charge >= 0.3 is 0 Å². The average molecular weight is 400 g/mol. The molecule has 1 heterocycles. The van der Waals surface area contributed by atoms with E-state index in [0.717, 1.165) is 11.1 Å². The molecule has 0 aliphatic heterocycles. The number of aliphatic hydroxyl groups excluding tert-OH is 1. The van der Waals surface area contributed by atoms with Gasteiger partial charge in [-0.25, -0.2) is 0 Å². The number of nitrogens with zero attached hydrogens (tertiary/aromatic N) is 4. The molecule has 28 heavy (non-hydrogen) atoms. The number of nitrogens with one attached hydrogen (secondary N) is 1. The molecule has 1 atom stereocenters. The molecule has 0 bridgehead atoms. The summed E-state index contributed by atoms with van der Waals surface area (Å²) >= 11 is 6.00. The minimum absolute atomic E-state index is 0.112. The largest absolute Gasteiger partial charge is 0.394 e. The van der Waals surface area contributed by atoms with E-state index in [4.69, 9.17) is 11.6 Å². The van der Waals surface area contributed by atoms with Crippen molar-refractivity contribution in [3.8, 4) is 16.8 Å². The second-order valence-electron chi connectivity index (χ2n) is 6.94. The first-order chi connectivity index (χ1) is 13.4. The fraction of sp³-hybridized carbons (Fsp3) is 0.300. The van der Waals surface area contributed by atoms with Crippen molar-refractivity contribution in [2.24, 2.45) is 0 Å². The summed E-state index contributed by atoms with van der Waals surface area (Å²) in [7, 11) is 0. The molecule has 3 aromatic rings. The molecule has 1 amide bonds. The van der Waals surface area contributed by atoms with Gasteiger partial charge in [-0.2, -0.15) is 4.68 Å². The van der Waals surface area contributed by atoms with Crippen molar-refractivity contribution < 1.29 is 9.90 Å². The highest BCUT2D eigenvalue weighted by molar-refractivity contribution is 6.30. The minimum Gasteiger partial charge on any atom is -0.394 e. The van der Waals surface area contributed by atoms with Crippen LogP contribution in [0, 0.1) is 0 Å². The lowest BCUT2D eigenvalue weighted by Gasteiger charge is -2.14. The maximum absolute atomic E-state index is 12.7. The van der Waals surface area contributed by atoms with Crippen LogP contribution < -0.4 is 5.32 Å². The van der Waals surface area contributed by atoms with E-state index >= 15 is 0 Å². The van der Waals surface area contributed by atoms with Gasteiger partial charge in [0.05, 0.1) is 12.3 Å². The lowest BCUT2D eigenvalue weighted by molar-refractivity contribution is 0.0922. The Balaban J connectivity index is 2.12. The number of aliphatic hydroxyl groups is 1. The third-order valence-corrected chi connectivity index (χ3v) is 4.52. The summed E-state index contributed by atoms with van der Waals surface area (Å²) in [6.45, 7) is 5.60. The fourth-order valence-corrected chi connectivity index (χ4v) is 2.89. The number of halogens is 1. The van der Waals surface area contributed by atoms with Crippen molar-refractivity contribution in [1.29, 1.82) is 0 Å². The first-order valence-electron chi connectivity index (χ1n) is 9.00. The van der Waals surface area contributed by atoms with Gasteiger partial charge in [0.1, 0.15) is 0 Å². The summed E-state index contributed by atoms with van der Waals surface area (Å²) in [6.07, 6.45) is 0. The molecule has 0 aliphatic carbocycles. The molecule has 0 aliphatic rings. The zero-order valence-electron chi connectivity index (χ0n) is 15.9. The van der Waals surface area contributed by atoms with Crippen LogP contribution in [0.25, 0.3) is 16.8 Å². The van der Waals surface area contributed by atoms with E-state index < -0.39 is 0 Å². The molecule has 2 aromatic carbocycles. The van der Waals surface area contributed by atoms with Crippen molar-refractivity contribution in [2.45, 2.75) is 32.7 Å². The second-order valence-corrected chi connectivity index (χ2v) is 7.37. The monoisotopic (exact) mass is 399 g/mol. The maximum Gasteiger partial charge on any atom is 0.251 e. The summed E-state index contributed by atoms with van der Waals surface area (Å²) in [5, 5.41) is 24.6. The van der Waals surface area contributed by atoms with Gasteiger partial charge in [-0.15, -0.1) is 5.10 Å². The first kappa shape index (κ1) is 20.0. The minimum atomic E-state index is -0.352. The Hall–Kier alpha value is -2.77. The molecular formula is C20H22ClN5O2. The number of carbonyl (C=O) groups excluding carboxylic acids is 1. The molecule has 0 saturated heterocycles. The van der Waals surface area contributed by atoms with E-state index in [-0.39, 0.29) is 24.5 Å². The third-order valence-electron chi connectivity index (χ3n) is 4.26. The van der Waals surface area contributed by atoms with E-state index in [0.29, 0.717) is 22.1 Å². The number of benzene rings is 2. The summed E-state index contributed by atoms with van der Waals surface area (Å²) in [5.41, 5.74) is 2.88. The molecule has 0 fully saturated rings. The van der Waals surface area contributed by atoms with Crippen LogP contribution in [0.4, 0.5) is 0 Å². The van der Waals surface area contributed by atoms with Crippen LogP contribution >= 0.6 is 11.6 Å². The molecule has 7 nitrogen and oxygen atoms in total. The topological polar surface area (TPSA) is 92.9 Å². The highest BCUT2D eigenvalue weighted by atomic mass is 35.5. The smallest absolute Gasteiger partial charge is 0.251 e. The zero-order chi connectivity index (χ0) is 20.3. The number of carbonyl (C=O) groups is 1. The van der Waals surface area contributed by atoms with E-state index in [1.54, 1.807) is 35.9 Å². The summed E-state index contributed by atoms with van der Waals surface area (Å²) < 4.78 is 1.64. The van der Waals surface area contributed by atoms with Gasteiger partial charge in [0.2, 0.25) is 0 Å². The fourth-order valence-electron chi connectivity index (χ4n) is 2.76. The number of rotatable bonds is 6. The number of aromatic nitrogens is 4. The van der Waals surface area contributed by atoms with E-state index in [9.17, 15) is 9.90 Å². The van der Waals surface area contributed by atoms with Crippen LogP contribution in [0.15, 0.2) is 42.5 Å². The van der Waals surface area contributed by atoms with Crippen LogP contribution in [0.2, 0.25) is 5.02 Å². The van der Waals surface area contributed by atoms with Crippen LogP contribution in [0.1, 0.15) is 42.9 Å². The Labute approximate surface area is 168 Å². The Morgan fingerprint density at radius 2 is 1.86 bits per heavy atom. The van der Waals surface area contributed by atoms with Crippen molar-refractivity contribution in [1.82, 2.24) is 25.5 Å². The number of tetrazole rings is 1. The van der Waals surface area contributed by atoms with Crippen LogP contribution in [-0.4, -0.2) is 43.9 Å². The quantitative estimate of drug-likeness (QED) is 0.663. The van der Waals surface area contributed by atoms with Gasteiger partial charge in [0, 0.05) is 22.5 Å². The lowest BCUT2D eigenvalue weighted by atomic mass is 10.0. The van der Waals surface area contributed by atoms with Crippen molar-refractivity contribution >= 4 is 17.5 Å². The van der Waals surface area contributed by atoms with Crippen LogP contribution in [-0.2, 0) is 0 Å². The number of hydrogen-bond donors (Lipinski definition) is 2. The molecular weight excluding hydrogens is 378 g/mol. The van der Waals surface area contributed by atoms with Crippen LogP contribution in [0.3, 0.4) is 0 Å². The maximum atomic E-state index is 12.7. The molecule has 2 N–H and O–H groups in total. The Morgan fingerprint density at radius 3 is 2.50 bits per heavy atom. The average Bonchev–Trinajstić information content (AvgIpc) is 3.18. The highest BCUT2D eigenvalue weighted by Gasteiger charge is 2.17. The second kappa shape index (κ2) is 8.50. The molecule has 0 saturated carbocycles. The zero-order valence-corrected chi connectivity index (χ0v) is 16.7. The summed E-state index contributed by atoms with van der Waals surface area (Å²) in [6, 6.07) is 12.5. The normalized spacial score (nSPS) is 12.2. The van der Waals surface area contributed by atoms with E-state index in [1.165, 1.54) is 0 Å². The molecule has 1 unspecified atom stereocenters. The highest BCUT2D eigenvalue weighted by Crippen LogP contribution is 2.27. The van der Waals surface area contributed by atoms with Gasteiger partial charge in [0.25, 0.3) is 5.91 Å². The van der Waals surface area contributed by atoms with E-state index in [1.807, 2.05) is 32.0 Å².